The third-order valence-corrected chi connectivity index (χ3v) is 5.50. The lowest BCUT2D eigenvalue weighted by Crippen LogP contribution is -2.33. The number of aromatic nitrogens is 1. The van der Waals surface area contributed by atoms with Crippen molar-refractivity contribution in [3.8, 4) is 6.07 Å². The average molecular weight is 438 g/mol. The standard InChI is InChI=1S/C26H22N4O3/c1-17-11-20(16-33-2)23(13-27)26(32)30(17)15-25(31)29-28-14-24-21-9-5-3-7-18(21)12-19-8-4-6-10-22(19)24/h3-12,14H,15-16H2,1-2H3,(H,29,31). The summed E-state index contributed by atoms with van der Waals surface area (Å²) in [5.41, 5.74) is 3.91. The molecule has 0 fully saturated rings. The first-order chi connectivity index (χ1) is 16.0. The highest BCUT2D eigenvalue weighted by Gasteiger charge is 2.15. The largest absolute Gasteiger partial charge is 0.380 e. The predicted octanol–water partition coefficient (Wildman–Crippen LogP) is 3.63. The summed E-state index contributed by atoms with van der Waals surface area (Å²) >= 11 is 0. The zero-order chi connectivity index (χ0) is 23.4. The van der Waals surface area contributed by atoms with Gasteiger partial charge in [-0.2, -0.15) is 10.4 Å². The van der Waals surface area contributed by atoms with E-state index in [4.69, 9.17) is 4.74 Å². The van der Waals surface area contributed by atoms with Crippen molar-refractivity contribution < 1.29 is 9.53 Å². The van der Waals surface area contributed by atoms with Crippen LogP contribution >= 0.6 is 0 Å². The molecule has 1 heterocycles. The van der Waals surface area contributed by atoms with Gasteiger partial charge in [-0.05, 0) is 40.6 Å². The Hall–Kier alpha value is -4.28. The fourth-order valence-corrected chi connectivity index (χ4v) is 3.96. The summed E-state index contributed by atoms with van der Waals surface area (Å²) in [6.45, 7) is 1.61. The van der Waals surface area contributed by atoms with Gasteiger partial charge in [0.25, 0.3) is 11.5 Å². The molecule has 1 N–H and O–H groups in total. The van der Waals surface area contributed by atoms with E-state index in [-0.39, 0.29) is 18.7 Å². The highest BCUT2D eigenvalue weighted by Crippen LogP contribution is 2.27. The first-order valence-corrected chi connectivity index (χ1v) is 10.4. The number of rotatable bonds is 6. The normalized spacial score (nSPS) is 11.2. The highest BCUT2D eigenvalue weighted by molar-refractivity contribution is 6.13. The van der Waals surface area contributed by atoms with Crippen molar-refractivity contribution in [1.29, 1.82) is 5.26 Å². The van der Waals surface area contributed by atoms with E-state index in [2.05, 4.69) is 16.6 Å². The maximum Gasteiger partial charge on any atom is 0.269 e. The van der Waals surface area contributed by atoms with Gasteiger partial charge in [0.2, 0.25) is 0 Å². The maximum atomic E-state index is 12.7. The van der Waals surface area contributed by atoms with Gasteiger partial charge in [0, 0.05) is 23.9 Å². The molecule has 0 atom stereocenters. The van der Waals surface area contributed by atoms with Gasteiger partial charge in [0.05, 0.1) is 12.8 Å². The van der Waals surface area contributed by atoms with Crippen molar-refractivity contribution in [1.82, 2.24) is 9.99 Å². The van der Waals surface area contributed by atoms with Crippen LogP contribution in [0.5, 0.6) is 0 Å². The summed E-state index contributed by atoms with van der Waals surface area (Å²) in [7, 11) is 1.49. The maximum absolute atomic E-state index is 12.7. The molecule has 0 unspecified atom stereocenters. The molecule has 4 aromatic rings. The van der Waals surface area contributed by atoms with Crippen LogP contribution in [0, 0.1) is 18.3 Å². The molecule has 33 heavy (non-hydrogen) atoms. The highest BCUT2D eigenvalue weighted by atomic mass is 16.5. The number of nitrogens with one attached hydrogen (secondary N) is 1. The van der Waals surface area contributed by atoms with Crippen molar-refractivity contribution in [3.05, 3.63) is 93.4 Å². The number of aryl methyl sites for hydroxylation is 1. The molecule has 0 saturated heterocycles. The van der Waals surface area contributed by atoms with Gasteiger partial charge in [-0.15, -0.1) is 0 Å². The molecule has 7 heteroatoms. The monoisotopic (exact) mass is 438 g/mol. The first-order valence-electron chi connectivity index (χ1n) is 10.4. The third kappa shape index (κ3) is 4.38. The van der Waals surface area contributed by atoms with E-state index in [1.807, 2.05) is 54.6 Å². The average Bonchev–Trinajstić information content (AvgIpc) is 2.81. The minimum Gasteiger partial charge on any atom is -0.380 e. The Kier molecular flexibility index (Phi) is 6.29. The number of hydrazone groups is 1. The van der Waals surface area contributed by atoms with Crippen molar-refractivity contribution in [3.63, 3.8) is 0 Å². The van der Waals surface area contributed by atoms with E-state index in [1.54, 1.807) is 19.2 Å². The summed E-state index contributed by atoms with van der Waals surface area (Å²) in [5.74, 6) is -0.468. The number of carbonyl (C=O) groups excluding carboxylic acids is 1. The van der Waals surface area contributed by atoms with E-state index in [9.17, 15) is 14.9 Å². The quantitative estimate of drug-likeness (QED) is 0.282. The Balaban J connectivity index is 1.61. The molecule has 4 rings (SSSR count). The number of hydrogen-bond acceptors (Lipinski definition) is 5. The number of nitrogens with zero attached hydrogens (tertiary/aromatic N) is 3. The number of ether oxygens (including phenoxy) is 1. The second-order valence-corrected chi connectivity index (χ2v) is 7.65. The molecule has 164 valence electrons. The van der Waals surface area contributed by atoms with Gasteiger partial charge in [0.15, 0.2) is 0 Å². The Morgan fingerprint density at radius 2 is 1.76 bits per heavy atom. The molecule has 0 spiro atoms. The lowest BCUT2D eigenvalue weighted by atomic mass is 9.97. The number of hydrogen-bond donors (Lipinski definition) is 1. The summed E-state index contributed by atoms with van der Waals surface area (Å²) in [4.78, 5) is 25.3. The van der Waals surface area contributed by atoms with Gasteiger partial charge in [-0.3, -0.25) is 9.59 Å². The number of carbonyl (C=O) groups is 1. The molecule has 3 aromatic carbocycles. The number of amides is 1. The molecular formula is C26H22N4O3. The van der Waals surface area contributed by atoms with Crippen LogP contribution in [0.15, 0.2) is 70.6 Å². The first kappa shape index (κ1) is 21.9. The Bertz CT molecular complexity index is 1440. The summed E-state index contributed by atoms with van der Waals surface area (Å²) in [6, 6.07) is 21.7. The second kappa shape index (κ2) is 9.47. The Morgan fingerprint density at radius 3 is 2.36 bits per heavy atom. The molecule has 0 aliphatic rings. The van der Waals surface area contributed by atoms with Crippen molar-refractivity contribution in [2.45, 2.75) is 20.1 Å². The van der Waals surface area contributed by atoms with Crippen LogP contribution in [-0.4, -0.2) is 23.8 Å². The van der Waals surface area contributed by atoms with Crippen LogP contribution in [0.3, 0.4) is 0 Å². The van der Waals surface area contributed by atoms with Gasteiger partial charge in [-0.25, -0.2) is 5.43 Å². The van der Waals surface area contributed by atoms with E-state index in [1.165, 1.54) is 11.7 Å². The van der Waals surface area contributed by atoms with E-state index >= 15 is 0 Å². The number of pyridine rings is 1. The van der Waals surface area contributed by atoms with Crippen LogP contribution in [0.25, 0.3) is 21.5 Å². The SMILES string of the molecule is COCc1cc(C)n(CC(=O)NN=Cc2c3ccccc3cc3ccccc23)c(=O)c1C#N. The third-order valence-electron chi connectivity index (χ3n) is 5.50. The van der Waals surface area contributed by atoms with Crippen LogP contribution in [0.1, 0.15) is 22.4 Å². The molecule has 7 nitrogen and oxygen atoms in total. The van der Waals surface area contributed by atoms with E-state index in [0.29, 0.717) is 11.3 Å². The second-order valence-electron chi connectivity index (χ2n) is 7.65. The molecule has 0 saturated carbocycles. The number of nitriles is 1. The molecule has 1 aromatic heterocycles. The smallest absolute Gasteiger partial charge is 0.269 e. The predicted molar refractivity (Wildman–Crippen MR) is 128 cm³/mol. The zero-order valence-electron chi connectivity index (χ0n) is 18.3. The molecule has 0 aliphatic carbocycles. The van der Waals surface area contributed by atoms with Crippen LogP contribution in [0.2, 0.25) is 0 Å². The van der Waals surface area contributed by atoms with Gasteiger partial charge < -0.3 is 9.30 Å². The molecular weight excluding hydrogens is 416 g/mol. The summed E-state index contributed by atoms with van der Waals surface area (Å²) in [6.07, 6.45) is 1.63. The van der Waals surface area contributed by atoms with E-state index < -0.39 is 11.5 Å². The van der Waals surface area contributed by atoms with Gasteiger partial charge in [-0.1, -0.05) is 48.5 Å². The molecule has 0 bridgehead atoms. The van der Waals surface area contributed by atoms with Crippen molar-refractivity contribution in [2.75, 3.05) is 7.11 Å². The van der Waals surface area contributed by atoms with Crippen molar-refractivity contribution >= 4 is 33.7 Å². The minimum atomic E-state index is -0.524. The molecule has 1 amide bonds. The van der Waals surface area contributed by atoms with Crippen molar-refractivity contribution in [2.24, 2.45) is 5.10 Å². The Labute approximate surface area is 190 Å². The van der Waals surface area contributed by atoms with E-state index in [0.717, 1.165) is 27.1 Å². The molecule has 0 aliphatic heterocycles. The van der Waals surface area contributed by atoms with Crippen LogP contribution in [0.4, 0.5) is 0 Å². The molecule has 0 radical (unpaired) electrons. The number of benzene rings is 3. The Morgan fingerprint density at radius 1 is 1.12 bits per heavy atom. The van der Waals surface area contributed by atoms with Crippen LogP contribution < -0.4 is 11.0 Å². The summed E-state index contributed by atoms with van der Waals surface area (Å²) < 4.78 is 6.32. The lowest BCUT2D eigenvalue weighted by Gasteiger charge is -2.12. The topological polar surface area (TPSA) is 96.5 Å². The minimum absolute atomic E-state index is 0.0269. The van der Waals surface area contributed by atoms with Crippen LogP contribution in [-0.2, 0) is 22.7 Å². The summed E-state index contributed by atoms with van der Waals surface area (Å²) in [5, 5.41) is 17.7. The van der Waals surface area contributed by atoms with Gasteiger partial charge >= 0.3 is 0 Å². The number of methoxy groups -OCH3 is 1. The number of fused-ring (bicyclic) bond motifs is 2. The fraction of sp³-hybridized carbons (Fsp3) is 0.154. The fourth-order valence-electron chi connectivity index (χ4n) is 3.96. The lowest BCUT2D eigenvalue weighted by molar-refractivity contribution is -0.121. The zero-order valence-corrected chi connectivity index (χ0v) is 18.3. The van der Waals surface area contributed by atoms with Gasteiger partial charge in [0.1, 0.15) is 18.2 Å².